The van der Waals surface area contributed by atoms with Gasteiger partial charge < -0.3 is 15.2 Å². The summed E-state index contributed by atoms with van der Waals surface area (Å²) >= 11 is 0. The maximum Gasteiger partial charge on any atom is 0.309 e. The fourth-order valence-corrected chi connectivity index (χ4v) is 2.41. The zero-order chi connectivity index (χ0) is 21.5. The molecule has 0 bridgehead atoms. The molecule has 2 N–H and O–H groups in total. The summed E-state index contributed by atoms with van der Waals surface area (Å²) in [4.78, 5) is 31.8. The second-order valence-electron chi connectivity index (χ2n) is 7.48. The Kier molecular flexibility index (Phi) is 7.86. The Morgan fingerprint density at radius 2 is 1.82 bits per heavy atom. The van der Waals surface area contributed by atoms with Crippen LogP contribution in [0.2, 0.25) is 0 Å². The molecule has 0 aliphatic heterocycles. The molecule has 0 saturated heterocycles. The van der Waals surface area contributed by atoms with Crippen molar-refractivity contribution in [2.45, 2.75) is 52.6 Å². The maximum atomic E-state index is 11.2. The number of non-ortho nitro benzene ring substituents is 1. The minimum Gasteiger partial charge on any atom is -0.481 e. The monoisotopic (exact) mass is 397 g/mol. The van der Waals surface area contributed by atoms with Crippen molar-refractivity contribution in [2.24, 2.45) is 5.41 Å². The topological polar surface area (TPSA) is 145 Å². The van der Waals surface area contributed by atoms with Crippen molar-refractivity contribution in [1.29, 1.82) is 0 Å². The third-order valence-electron chi connectivity index (χ3n) is 4.86. The minimum atomic E-state index is -0.888. The summed E-state index contributed by atoms with van der Waals surface area (Å²) in [5.74, 6) is -0.888. The van der Waals surface area contributed by atoms with E-state index in [1.807, 2.05) is 13.8 Å². The number of nitro benzene ring substituents is 2. The first-order valence-electron chi connectivity index (χ1n) is 8.96. The summed E-state index contributed by atoms with van der Waals surface area (Å²) < 4.78 is 5.90. The van der Waals surface area contributed by atoms with Crippen LogP contribution in [0.25, 0.3) is 0 Å². The Bertz CT molecular complexity index is 736. The lowest BCUT2D eigenvalue weighted by molar-refractivity contribution is -0.393. The summed E-state index contributed by atoms with van der Waals surface area (Å²) in [6, 6.07) is 3.44. The molecule has 0 aliphatic carbocycles. The lowest BCUT2D eigenvalue weighted by atomic mass is 9.90. The highest BCUT2D eigenvalue weighted by Gasteiger charge is 2.29. The van der Waals surface area contributed by atoms with Crippen LogP contribution in [-0.4, -0.2) is 39.7 Å². The number of anilines is 1. The van der Waals surface area contributed by atoms with Crippen LogP contribution in [0.15, 0.2) is 18.2 Å². The van der Waals surface area contributed by atoms with E-state index in [1.165, 1.54) is 12.1 Å². The quantitative estimate of drug-likeness (QED) is 0.398. The third-order valence-corrected chi connectivity index (χ3v) is 4.86. The van der Waals surface area contributed by atoms with Gasteiger partial charge in [-0.15, -0.1) is 0 Å². The number of nitrogens with zero attached hydrogens (tertiary/aromatic N) is 2. The summed E-state index contributed by atoms with van der Waals surface area (Å²) in [5, 5.41) is 34.1. The van der Waals surface area contributed by atoms with Gasteiger partial charge in [0, 0.05) is 19.2 Å². The van der Waals surface area contributed by atoms with E-state index in [9.17, 15) is 25.0 Å². The number of benzene rings is 1. The average molecular weight is 397 g/mol. The smallest absolute Gasteiger partial charge is 0.309 e. The highest BCUT2D eigenvalue weighted by molar-refractivity contribution is 5.73. The molecule has 0 radical (unpaired) electrons. The van der Waals surface area contributed by atoms with Gasteiger partial charge in [0.05, 0.1) is 26.9 Å². The largest absolute Gasteiger partial charge is 0.481 e. The van der Waals surface area contributed by atoms with E-state index in [-0.39, 0.29) is 23.7 Å². The van der Waals surface area contributed by atoms with E-state index in [4.69, 9.17) is 9.84 Å². The third kappa shape index (κ3) is 6.45. The molecule has 0 aromatic heterocycles. The van der Waals surface area contributed by atoms with Crippen LogP contribution in [0.3, 0.4) is 0 Å². The molecule has 0 amide bonds. The normalized spacial score (nSPS) is 13.6. The average Bonchev–Trinajstić information content (AvgIpc) is 2.61. The molecular formula is C18H27N3O7. The van der Waals surface area contributed by atoms with Gasteiger partial charge in [-0.05, 0) is 46.1 Å². The summed E-state index contributed by atoms with van der Waals surface area (Å²) in [6.45, 7) is 7.74. The second-order valence-corrected chi connectivity index (χ2v) is 7.48. The highest BCUT2D eigenvalue weighted by atomic mass is 16.6. The van der Waals surface area contributed by atoms with Crippen molar-refractivity contribution in [3.05, 3.63) is 38.4 Å². The fraction of sp³-hybridized carbons (Fsp3) is 0.611. The van der Waals surface area contributed by atoms with Gasteiger partial charge in [-0.2, -0.15) is 0 Å². The molecule has 1 aromatic carbocycles. The van der Waals surface area contributed by atoms with Gasteiger partial charge in [-0.1, -0.05) is 6.92 Å². The van der Waals surface area contributed by atoms with Crippen LogP contribution in [0.4, 0.5) is 17.1 Å². The fourth-order valence-electron chi connectivity index (χ4n) is 2.41. The van der Waals surface area contributed by atoms with Crippen LogP contribution in [0.1, 0.15) is 47.0 Å². The molecule has 10 heteroatoms. The summed E-state index contributed by atoms with van der Waals surface area (Å²) in [7, 11) is 0. The van der Waals surface area contributed by atoms with Gasteiger partial charge >= 0.3 is 5.97 Å². The molecule has 1 unspecified atom stereocenters. The molecule has 0 aliphatic rings. The lowest BCUT2D eigenvalue weighted by Crippen LogP contribution is -2.33. The van der Waals surface area contributed by atoms with Crippen molar-refractivity contribution in [1.82, 2.24) is 0 Å². The number of carboxylic acids is 1. The minimum absolute atomic E-state index is 0.195. The molecule has 0 saturated carbocycles. The first-order valence-corrected chi connectivity index (χ1v) is 8.96. The van der Waals surface area contributed by atoms with Crippen molar-refractivity contribution in [3.63, 3.8) is 0 Å². The standard InChI is InChI=1S/C18H27N3O7/c1-5-18(4,28-11-9-17(2,3)16(22)23)8-10-19-14-7-6-13(20(24)25)12-15(14)21(26)27/h6-7,12,19H,5,8-11H2,1-4H3,(H,22,23). The summed E-state index contributed by atoms with van der Waals surface area (Å²) in [6.07, 6.45) is 1.55. The van der Waals surface area contributed by atoms with Gasteiger partial charge in [0.25, 0.3) is 11.4 Å². The van der Waals surface area contributed by atoms with Gasteiger partial charge in [0.15, 0.2) is 0 Å². The van der Waals surface area contributed by atoms with E-state index in [0.29, 0.717) is 25.8 Å². The number of aliphatic carboxylic acids is 1. The Hall–Kier alpha value is -2.75. The Labute approximate surface area is 163 Å². The zero-order valence-corrected chi connectivity index (χ0v) is 16.6. The molecule has 10 nitrogen and oxygen atoms in total. The van der Waals surface area contributed by atoms with Crippen molar-refractivity contribution >= 4 is 23.0 Å². The molecule has 1 atom stereocenters. The van der Waals surface area contributed by atoms with Crippen molar-refractivity contribution in [3.8, 4) is 0 Å². The molecule has 0 spiro atoms. The van der Waals surface area contributed by atoms with Gasteiger partial charge in [0.2, 0.25) is 0 Å². The highest BCUT2D eigenvalue weighted by Crippen LogP contribution is 2.30. The molecule has 0 heterocycles. The molecule has 156 valence electrons. The SMILES string of the molecule is CCC(C)(CCNc1ccc([N+](=O)[O-])cc1[N+](=O)[O-])OCCC(C)(C)C(=O)O. The van der Waals surface area contributed by atoms with Crippen LogP contribution in [0, 0.1) is 25.6 Å². The first kappa shape index (κ1) is 23.3. The predicted octanol–water partition coefficient (Wildman–Crippen LogP) is 3.99. The van der Waals surface area contributed by atoms with E-state index < -0.39 is 26.8 Å². The number of hydrogen-bond donors (Lipinski definition) is 2. The molecule has 0 fully saturated rings. The van der Waals surface area contributed by atoms with Crippen LogP contribution in [0.5, 0.6) is 0 Å². The van der Waals surface area contributed by atoms with E-state index in [1.54, 1.807) is 13.8 Å². The number of hydrogen-bond acceptors (Lipinski definition) is 7. The Morgan fingerprint density at radius 1 is 1.18 bits per heavy atom. The number of rotatable bonds is 12. The van der Waals surface area contributed by atoms with Gasteiger partial charge in [-0.25, -0.2) is 0 Å². The maximum absolute atomic E-state index is 11.2. The number of nitrogens with one attached hydrogen (secondary N) is 1. The summed E-state index contributed by atoms with van der Waals surface area (Å²) in [5.41, 5.74) is -1.93. The molecular weight excluding hydrogens is 370 g/mol. The molecule has 28 heavy (non-hydrogen) atoms. The van der Waals surface area contributed by atoms with Crippen molar-refractivity contribution < 1.29 is 24.5 Å². The van der Waals surface area contributed by atoms with Crippen LogP contribution >= 0.6 is 0 Å². The van der Waals surface area contributed by atoms with Gasteiger partial charge in [0.1, 0.15) is 5.69 Å². The lowest BCUT2D eigenvalue weighted by Gasteiger charge is -2.30. The Morgan fingerprint density at radius 3 is 2.32 bits per heavy atom. The van der Waals surface area contributed by atoms with E-state index >= 15 is 0 Å². The van der Waals surface area contributed by atoms with E-state index in [0.717, 1.165) is 6.07 Å². The number of ether oxygens (including phenoxy) is 1. The van der Waals surface area contributed by atoms with Crippen LogP contribution < -0.4 is 5.32 Å². The van der Waals surface area contributed by atoms with Crippen molar-refractivity contribution in [2.75, 3.05) is 18.5 Å². The van der Waals surface area contributed by atoms with Gasteiger partial charge in [-0.3, -0.25) is 25.0 Å². The second kappa shape index (κ2) is 9.45. The zero-order valence-electron chi connectivity index (χ0n) is 16.6. The number of nitro groups is 2. The molecule has 1 aromatic rings. The molecule has 1 rings (SSSR count). The van der Waals surface area contributed by atoms with Crippen LogP contribution in [-0.2, 0) is 9.53 Å². The predicted molar refractivity (Wildman–Crippen MR) is 104 cm³/mol. The van der Waals surface area contributed by atoms with E-state index in [2.05, 4.69) is 5.32 Å². The number of carboxylic acid groups (broad SMARTS) is 1. The Balaban J connectivity index is 2.70. The first-order chi connectivity index (χ1) is 12.9. The number of carbonyl (C=O) groups is 1.